The molecule has 0 heterocycles. The van der Waals surface area contributed by atoms with Gasteiger partial charge in [0.05, 0.1) is 25.7 Å². The van der Waals surface area contributed by atoms with Crippen LogP contribution in [-0.4, -0.2) is 53.8 Å². The molecule has 0 aliphatic carbocycles. The number of ether oxygens (including phenoxy) is 3. The van der Waals surface area contributed by atoms with Crippen LogP contribution in [0.2, 0.25) is 0 Å². The Morgan fingerprint density at radius 3 is 1.80 bits per heavy atom. The predicted molar refractivity (Wildman–Crippen MR) is 172 cm³/mol. The van der Waals surface area contributed by atoms with Gasteiger partial charge in [-0.15, -0.1) is 0 Å². The minimum atomic E-state index is -3.82. The number of rotatable bonds is 16. The van der Waals surface area contributed by atoms with Crippen LogP contribution in [0.1, 0.15) is 22.3 Å². The predicted octanol–water partition coefficient (Wildman–Crippen LogP) is 4.97. The average Bonchev–Trinajstić information content (AvgIpc) is 3.03. The van der Waals surface area contributed by atoms with E-state index in [0.717, 1.165) is 22.9 Å². The SMILES string of the molecule is COC(=O)C(Cc1ccc(CCOc2ccc(OS(C)(=O)=O)cc2)cc1)S(=O)(=O)CCc1ccc(OCc2ccccc2)cc1. The monoisotopic (exact) mass is 652 g/mol. The molecule has 1 atom stereocenters. The van der Waals surface area contributed by atoms with Gasteiger partial charge in [-0.1, -0.05) is 66.7 Å². The molecule has 45 heavy (non-hydrogen) atoms. The summed E-state index contributed by atoms with van der Waals surface area (Å²) in [5.74, 6) is 0.458. The molecule has 0 saturated carbocycles. The molecule has 0 aliphatic heterocycles. The fraction of sp³-hybridized carbons (Fsp3) is 0.265. The minimum absolute atomic E-state index is 0.0000494. The first-order valence-electron chi connectivity index (χ1n) is 14.3. The lowest BCUT2D eigenvalue weighted by Gasteiger charge is -2.16. The summed E-state index contributed by atoms with van der Waals surface area (Å²) >= 11 is 0. The van der Waals surface area contributed by atoms with Crippen LogP contribution in [0, 0.1) is 0 Å². The fourth-order valence-electron chi connectivity index (χ4n) is 4.49. The zero-order valence-corrected chi connectivity index (χ0v) is 26.8. The van der Waals surface area contributed by atoms with Gasteiger partial charge in [0.2, 0.25) is 0 Å². The van der Waals surface area contributed by atoms with Gasteiger partial charge in [0.25, 0.3) is 0 Å². The fourth-order valence-corrected chi connectivity index (χ4v) is 6.59. The van der Waals surface area contributed by atoms with E-state index >= 15 is 0 Å². The molecule has 0 spiro atoms. The lowest BCUT2D eigenvalue weighted by molar-refractivity contribution is -0.140. The van der Waals surface area contributed by atoms with Crippen LogP contribution in [0.4, 0.5) is 0 Å². The summed E-state index contributed by atoms with van der Waals surface area (Å²) in [6.07, 6.45) is 1.81. The summed E-state index contributed by atoms with van der Waals surface area (Å²) in [6, 6.07) is 30.7. The van der Waals surface area contributed by atoms with Crippen molar-refractivity contribution in [2.75, 3.05) is 25.7 Å². The van der Waals surface area contributed by atoms with E-state index in [1.165, 1.54) is 19.2 Å². The second-order valence-electron chi connectivity index (χ2n) is 10.4. The summed E-state index contributed by atoms with van der Waals surface area (Å²) in [4.78, 5) is 12.6. The molecule has 4 rings (SSSR count). The normalized spacial score (nSPS) is 12.2. The van der Waals surface area contributed by atoms with Crippen molar-refractivity contribution in [1.82, 2.24) is 0 Å². The Kier molecular flexibility index (Phi) is 11.6. The van der Waals surface area contributed by atoms with Crippen LogP contribution in [-0.2, 0) is 55.4 Å². The smallest absolute Gasteiger partial charge is 0.324 e. The maximum Gasteiger partial charge on any atom is 0.324 e. The lowest BCUT2D eigenvalue weighted by Crippen LogP contribution is -2.35. The Balaban J connectivity index is 1.28. The van der Waals surface area contributed by atoms with Crippen LogP contribution in [0.15, 0.2) is 103 Å². The Hall–Kier alpha value is -4.35. The van der Waals surface area contributed by atoms with Crippen molar-refractivity contribution in [2.45, 2.75) is 31.1 Å². The topological polar surface area (TPSA) is 122 Å². The van der Waals surface area contributed by atoms with Crippen molar-refractivity contribution in [3.8, 4) is 17.2 Å². The van der Waals surface area contributed by atoms with Gasteiger partial charge in [-0.25, -0.2) is 8.42 Å². The second kappa shape index (κ2) is 15.6. The third-order valence-electron chi connectivity index (χ3n) is 6.92. The molecule has 0 aromatic heterocycles. The number of esters is 1. The molecule has 4 aromatic carbocycles. The minimum Gasteiger partial charge on any atom is -0.493 e. The van der Waals surface area contributed by atoms with Gasteiger partial charge in [-0.3, -0.25) is 4.79 Å². The Bertz CT molecular complexity index is 1740. The van der Waals surface area contributed by atoms with E-state index in [-0.39, 0.29) is 24.3 Å². The van der Waals surface area contributed by atoms with Gasteiger partial charge < -0.3 is 18.4 Å². The highest BCUT2D eigenvalue weighted by molar-refractivity contribution is 7.92. The molecule has 1 unspecified atom stereocenters. The standard InChI is InChI=1S/C34H36O9S2/c1-40-34(35)33(45(38,39)23-21-27-12-14-31(15-13-27)42-25-29-6-4-3-5-7-29)24-28-10-8-26(9-11-28)20-22-41-30-16-18-32(19-17-30)43-44(2,36)37/h3-19,33H,20-25H2,1-2H3. The van der Waals surface area contributed by atoms with Crippen molar-refractivity contribution in [3.63, 3.8) is 0 Å². The molecule has 0 N–H and O–H groups in total. The maximum absolute atomic E-state index is 13.3. The Morgan fingerprint density at radius 1 is 0.644 bits per heavy atom. The van der Waals surface area contributed by atoms with Crippen LogP contribution >= 0.6 is 0 Å². The summed E-state index contributed by atoms with van der Waals surface area (Å²) < 4.78 is 70.2. The molecular weight excluding hydrogens is 616 g/mol. The molecule has 4 aromatic rings. The van der Waals surface area contributed by atoms with Gasteiger partial charge in [-0.2, -0.15) is 8.42 Å². The third-order valence-corrected chi connectivity index (χ3v) is 9.41. The molecule has 0 saturated heterocycles. The Morgan fingerprint density at radius 2 is 1.18 bits per heavy atom. The molecule has 0 fully saturated rings. The van der Waals surface area contributed by atoms with E-state index < -0.39 is 31.2 Å². The van der Waals surface area contributed by atoms with Gasteiger partial charge in [0, 0.05) is 6.42 Å². The van der Waals surface area contributed by atoms with Crippen LogP contribution < -0.4 is 13.7 Å². The van der Waals surface area contributed by atoms with Crippen molar-refractivity contribution >= 4 is 25.9 Å². The van der Waals surface area contributed by atoms with E-state index in [4.69, 9.17) is 18.4 Å². The Labute approximate surface area is 264 Å². The number of benzene rings is 4. The number of carbonyl (C=O) groups is 1. The summed E-state index contributed by atoms with van der Waals surface area (Å²) in [5, 5.41) is -1.32. The lowest BCUT2D eigenvalue weighted by atomic mass is 10.1. The van der Waals surface area contributed by atoms with E-state index in [2.05, 4.69) is 0 Å². The van der Waals surface area contributed by atoms with Gasteiger partial charge in [-0.05, 0) is 71.5 Å². The molecule has 0 aliphatic rings. The quantitative estimate of drug-likeness (QED) is 0.122. The zero-order chi connectivity index (χ0) is 32.3. The molecule has 238 valence electrons. The summed E-state index contributed by atoms with van der Waals surface area (Å²) in [6.45, 7) is 0.802. The maximum atomic E-state index is 13.3. The van der Waals surface area contributed by atoms with Gasteiger partial charge in [0.1, 0.15) is 23.9 Å². The van der Waals surface area contributed by atoms with Crippen LogP contribution in [0.25, 0.3) is 0 Å². The first-order chi connectivity index (χ1) is 21.5. The first kappa shape index (κ1) is 33.5. The van der Waals surface area contributed by atoms with E-state index in [9.17, 15) is 21.6 Å². The number of methoxy groups -OCH3 is 1. The van der Waals surface area contributed by atoms with Crippen molar-refractivity contribution in [3.05, 3.63) is 125 Å². The van der Waals surface area contributed by atoms with E-state index in [1.807, 2.05) is 66.7 Å². The first-order valence-corrected chi connectivity index (χ1v) is 17.8. The number of sulfone groups is 1. The molecule has 11 heteroatoms. The third kappa shape index (κ3) is 10.9. The van der Waals surface area contributed by atoms with Crippen molar-refractivity contribution in [1.29, 1.82) is 0 Å². The highest BCUT2D eigenvalue weighted by atomic mass is 32.2. The summed E-state index contributed by atoms with van der Waals surface area (Å²) in [7, 11) is -6.23. The second-order valence-corrected chi connectivity index (χ2v) is 14.3. The zero-order valence-electron chi connectivity index (χ0n) is 25.1. The van der Waals surface area contributed by atoms with Crippen LogP contribution in [0.3, 0.4) is 0 Å². The highest BCUT2D eigenvalue weighted by Gasteiger charge is 2.33. The van der Waals surface area contributed by atoms with Crippen molar-refractivity contribution in [2.24, 2.45) is 0 Å². The van der Waals surface area contributed by atoms with Gasteiger partial charge >= 0.3 is 16.1 Å². The number of aryl methyl sites for hydroxylation is 1. The van der Waals surface area contributed by atoms with Gasteiger partial charge in [0.15, 0.2) is 15.1 Å². The highest BCUT2D eigenvalue weighted by Crippen LogP contribution is 2.20. The molecular formula is C34H36O9S2. The number of hydrogen-bond donors (Lipinski definition) is 0. The average molecular weight is 653 g/mol. The molecule has 0 radical (unpaired) electrons. The number of hydrogen-bond acceptors (Lipinski definition) is 9. The molecule has 0 amide bonds. The van der Waals surface area contributed by atoms with E-state index in [0.29, 0.717) is 36.7 Å². The largest absolute Gasteiger partial charge is 0.493 e. The number of carbonyl (C=O) groups excluding carboxylic acids is 1. The molecule has 0 bridgehead atoms. The molecule has 9 nitrogen and oxygen atoms in total. The van der Waals surface area contributed by atoms with Crippen molar-refractivity contribution < 1.29 is 40.0 Å². The summed E-state index contributed by atoms with van der Waals surface area (Å²) in [5.41, 5.74) is 3.53. The van der Waals surface area contributed by atoms with Crippen LogP contribution in [0.5, 0.6) is 17.2 Å². The van der Waals surface area contributed by atoms with E-state index in [1.54, 1.807) is 24.3 Å².